The van der Waals surface area contributed by atoms with Crippen molar-refractivity contribution in [2.24, 2.45) is 0 Å². The Bertz CT molecular complexity index is 1180. The number of rotatable bonds is 5. The average molecular weight is 439 g/mol. The van der Waals surface area contributed by atoms with Crippen LogP contribution in [-0.4, -0.2) is 10.9 Å². The molecule has 1 amide bonds. The van der Waals surface area contributed by atoms with Gasteiger partial charge >= 0.3 is 0 Å². The minimum absolute atomic E-state index is 0.165. The number of nitrogens with one attached hydrogen (secondary N) is 1. The molecule has 0 spiro atoms. The number of aromatic nitrogens is 1. The summed E-state index contributed by atoms with van der Waals surface area (Å²) in [6.07, 6.45) is 0. The SMILES string of the molecule is O=C(NCc1ccccc1Cl)c1cc(Sc2ccc(Cl)cc2)nc2ccccc12. The number of benzene rings is 3. The summed E-state index contributed by atoms with van der Waals surface area (Å²) in [5.74, 6) is -0.165. The third-order valence-corrected chi connectivity index (χ3v) is 5.92. The number of hydrogen-bond donors (Lipinski definition) is 1. The molecule has 0 radical (unpaired) electrons. The molecule has 4 rings (SSSR count). The largest absolute Gasteiger partial charge is 0.348 e. The number of pyridine rings is 1. The van der Waals surface area contributed by atoms with Crippen LogP contribution in [0.2, 0.25) is 10.0 Å². The summed E-state index contributed by atoms with van der Waals surface area (Å²) in [6, 6.07) is 24.5. The summed E-state index contributed by atoms with van der Waals surface area (Å²) < 4.78 is 0. The third-order valence-electron chi connectivity index (χ3n) is 4.37. The van der Waals surface area contributed by atoms with Crippen LogP contribution in [0.3, 0.4) is 0 Å². The first kappa shape index (κ1) is 19.8. The molecule has 0 unspecified atom stereocenters. The Balaban J connectivity index is 1.64. The third kappa shape index (κ3) is 4.73. The molecular formula is C23H16Cl2N2OS. The maximum atomic E-state index is 13.0. The van der Waals surface area contributed by atoms with E-state index in [-0.39, 0.29) is 5.91 Å². The normalized spacial score (nSPS) is 10.8. The van der Waals surface area contributed by atoms with Crippen LogP contribution in [0.5, 0.6) is 0 Å². The second kappa shape index (κ2) is 8.87. The van der Waals surface area contributed by atoms with Crippen molar-refractivity contribution in [1.29, 1.82) is 0 Å². The second-order valence-electron chi connectivity index (χ2n) is 6.36. The van der Waals surface area contributed by atoms with E-state index in [1.807, 2.05) is 78.9 Å². The van der Waals surface area contributed by atoms with Crippen molar-refractivity contribution in [3.63, 3.8) is 0 Å². The summed E-state index contributed by atoms with van der Waals surface area (Å²) in [5, 5.41) is 5.83. The molecule has 144 valence electrons. The van der Waals surface area contributed by atoms with Gasteiger partial charge in [-0.2, -0.15) is 0 Å². The number of carbonyl (C=O) groups is 1. The van der Waals surface area contributed by atoms with Gasteiger partial charge in [-0.1, -0.05) is 71.4 Å². The molecule has 0 atom stereocenters. The van der Waals surface area contributed by atoms with E-state index in [0.717, 1.165) is 26.4 Å². The molecule has 0 aliphatic carbocycles. The van der Waals surface area contributed by atoms with E-state index in [1.165, 1.54) is 11.8 Å². The zero-order valence-electron chi connectivity index (χ0n) is 15.2. The molecule has 0 fully saturated rings. The van der Waals surface area contributed by atoms with Gasteiger partial charge in [-0.05, 0) is 48.0 Å². The van der Waals surface area contributed by atoms with Gasteiger partial charge in [0, 0.05) is 26.9 Å². The Morgan fingerprint density at radius 3 is 2.45 bits per heavy atom. The van der Waals surface area contributed by atoms with Gasteiger partial charge in [-0.3, -0.25) is 4.79 Å². The summed E-state index contributed by atoms with van der Waals surface area (Å²) >= 11 is 13.7. The number of halogens is 2. The maximum absolute atomic E-state index is 13.0. The van der Waals surface area contributed by atoms with E-state index in [0.29, 0.717) is 22.2 Å². The molecule has 3 aromatic carbocycles. The number of carbonyl (C=O) groups excluding carboxylic acids is 1. The predicted octanol–water partition coefficient (Wildman–Crippen LogP) is 6.62. The lowest BCUT2D eigenvalue weighted by Crippen LogP contribution is -2.23. The Labute approximate surface area is 183 Å². The van der Waals surface area contributed by atoms with Crippen molar-refractivity contribution in [2.75, 3.05) is 0 Å². The highest BCUT2D eigenvalue weighted by atomic mass is 35.5. The summed E-state index contributed by atoms with van der Waals surface area (Å²) in [4.78, 5) is 18.7. The Hall–Kier alpha value is -2.53. The molecule has 1 heterocycles. The first-order chi connectivity index (χ1) is 14.1. The van der Waals surface area contributed by atoms with Gasteiger partial charge in [0.15, 0.2) is 0 Å². The zero-order valence-corrected chi connectivity index (χ0v) is 17.6. The summed E-state index contributed by atoms with van der Waals surface area (Å²) in [7, 11) is 0. The number of hydrogen-bond acceptors (Lipinski definition) is 3. The van der Waals surface area contributed by atoms with Gasteiger partial charge in [0.25, 0.3) is 5.91 Å². The van der Waals surface area contributed by atoms with Crippen LogP contribution in [0.15, 0.2) is 88.8 Å². The van der Waals surface area contributed by atoms with Crippen molar-refractivity contribution < 1.29 is 4.79 Å². The van der Waals surface area contributed by atoms with Gasteiger partial charge < -0.3 is 5.32 Å². The summed E-state index contributed by atoms with van der Waals surface area (Å²) in [5.41, 5.74) is 2.23. The minimum Gasteiger partial charge on any atom is -0.348 e. The Morgan fingerprint density at radius 2 is 1.66 bits per heavy atom. The van der Waals surface area contributed by atoms with Crippen molar-refractivity contribution in [3.8, 4) is 0 Å². The van der Waals surface area contributed by atoms with Gasteiger partial charge in [0.2, 0.25) is 0 Å². The van der Waals surface area contributed by atoms with Gasteiger partial charge in [-0.15, -0.1) is 0 Å². The molecule has 0 bridgehead atoms. The predicted molar refractivity (Wildman–Crippen MR) is 120 cm³/mol. The van der Waals surface area contributed by atoms with Crippen molar-refractivity contribution >= 4 is 51.8 Å². The number of nitrogens with zero attached hydrogens (tertiary/aromatic N) is 1. The number of amides is 1. The first-order valence-electron chi connectivity index (χ1n) is 8.95. The fourth-order valence-corrected chi connectivity index (χ4v) is 4.09. The van der Waals surface area contributed by atoms with E-state index in [2.05, 4.69) is 5.32 Å². The highest BCUT2D eigenvalue weighted by molar-refractivity contribution is 7.99. The lowest BCUT2D eigenvalue weighted by atomic mass is 10.1. The second-order valence-corrected chi connectivity index (χ2v) is 8.29. The van der Waals surface area contributed by atoms with E-state index in [1.54, 1.807) is 0 Å². The standard InChI is InChI=1S/C23H16Cl2N2OS/c24-16-9-11-17(12-10-16)29-22-13-19(18-6-2-4-8-21(18)27-22)23(28)26-14-15-5-1-3-7-20(15)25/h1-13H,14H2,(H,26,28). The first-order valence-corrected chi connectivity index (χ1v) is 10.5. The molecule has 0 saturated carbocycles. The van der Waals surface area contributed by atoms with Gasteiger partial charge in [0.05, 0.1) is 11.1 Å². The van der Waals surface area contributed by atoms with Crippen LogP contribution in [0.25, 0.3) is 10.9 Å². The fourth-order valence-electron chi connectivity index (χ4n) is 2.93. The zero-order chi connectivity index (χ0) is 20.2. The van der Waals surface area contributed by atoms with Crippen LogP contribution in [0.4, 0.5) is 0 Å². The minimum atomic E-state index is -0.165. The Morgan fingerprint density at radius 1 is 0.931 bits per heavy atom. The van der Waals surface area contributed by atoms with Crippen LogP contribution in [0.1, 0.15) is 15.9 Å². The smallest absolute Gasteiger partial charge is 0.252 e. The molecule has 29 heavy (non-hydrogen) atoms. The molecule has 6 heteroatoms. The van der Waals surface area contributed by atoms with Crippen LogP contribution in [0, 0.1) is 0 Å². The lowest BCUT2D eigenvalue weighted by Gasteiger charge is -2.11. The van der Waals surface area contributed by atoms with Crippen LogP contribution < -0.4 is 5.32 Å². The van der Waals surface area contributed by atoms with E-state index in [9.17, 15) is 4.79 Å². The van der Waals surface area contributed by atoms with Crippen LogP contribution in [-0.2, 0) is 6.54 Å². The molecule has 1 aromatic heterocycles. The topological polar surface area (TPSA) is 42.0 Å². The monoisotopic (exact) mass is 438 g/mol. The number of fused-ring (bicyclic) bond motifs is 1. The fraction of sp³-hybridized carbons (Fsp3) is 0.0435. The highest BCUT2D eigenvalue weighted by Crippen LogP contribution is 2.30. The molecule has 4 aromatic rings. The van der Waals surface area contributed by atoms with Crippen molar-refractivity contribution in [1.82, 2.24) is 10.3 Å². The Kier molecular flexibility index (Phi) is 6.05. The molecule has 0 aliphatic heterocycles. The van der Waals surface area contributed by atoms with E-state index < -0.39 is 0 Å². The highest BCUT2D eigenvalue weighted by Gasteiger charge is 2.14. The molecule has 0 aliphatic rings. The lowest BCUT2D eigenvalue weighted by molar-refractivity contribution is 0.0952. The van der Waals surface area contributed by atoms with E-state index >= 15 is 0 Å². The summed E-state index contributed by atoms with van der Waals surface area (Å²) in [6.45, 7) is 0.356. The van der Waals surface area contributed by atoms with Gasteiger partial charge in [0.1, 0.15) is 5.03 Å². The molecule has 3 nitrogen and oxygen atoms in total. The average Bonchev–Trinajstić information content (AvgIpc) is 2.74. The number of para-hydroxylation sites is 1. The molecule has 1 N–H and O–H groups in total. The van der Waals surface area contributed by atoms with Crippen molar-refractivity contribution in [3.05, 3.63) is 100 Å². The molecular weight excluding hydrogens is 423 g/mol. The van der Waals surface area contributed by atoms with E-state index in [4.69, 9.17) is 28.2 Å². The molecule has 0 saturated heterocycles. The van der Waals surface area contributed by atoms with Gasteiger partial charge in [-0.25, -0.2) is 4.98 Å². The maximum Gasteiger partial charge on any atom is 0.252 e. The van der Waals surface area contributed by atoms with Crippen molar-refractivity contribution in [2.45, 2.75) is 16.5 Å². The quantitative estimate of drug-likeness (QED) is 0.380. The van der Waals surface area contributed by atoms with Crippen LogP contribution >= 0.6 is 35.0 Å².